The van der Waals surface area contributed by atoms with Crippen LogP contribution in [0.3, 0.4) is 0 Å². The molecule has 1 amide bonds. The number of para-hydroxylation sites is 1. The van der Waals surface area contributed by atoms with Gasteiger partial charge < -0.3 is 14.6 Å². The fraction of sp³-hybridized carbons (Fsp3) is 0.571. The summed E-state index contributed by atoms with van der Waals surface area (Å²) >= 11 is 7.51. The summed E-state index contributed by atoms with van der Waals surface area (Å²) in [5.41, 5.74) is 0. The van der Waals surface area contributed by atoms with E-state index in [0.29, 0.717) is 33.4 Å². The maximum atomic E-state index is 12.4. The van der Waals surface area contributed by atoms with Crippen molar-refractivity contribution in [2.75, 3.05) is 5.75 Å². The molecular formula is C21H27ClN4O2S. The molecule has 6 nitrogen and oxygen atoms in total. The molecule has 1 aromatic carbocycles. The van der Waals surface area contributed by atoms with Crippen LogP contribution in [0.4, 0.5) is 0 Å². The van der Waals surface area contributed by atoms with Gasteiger partial charge in [0.1, 0.15) is 12.4 Å². The molecule has 0 radical (unpaired) electrons. The molecule has 2 aliphatic carbocycles. The van der Waals surface area contributed by atoms with Crippen LogP contribution < -0.4 is 10.1 Å². The number of hydrogen-bond donors (Lipinski definition) is 1. The molecule has 2 saturated carbocycles. The van der Waals surface area contributed by atoms with E-state index < -0.39 is 0 Å². The fourth-order valence-corrected chi connectivity index (χ4v) is 5.67. The van der Waals surface area contributed by atoms with Crippen molar-refractivity contribution >= 4 is 29.3 Å². The molecule has 2 aliphatic rings. The van der Waals surface area contributed by atoms with Gasteiger partial charge in [0.05, 0.1) is 10.8 Å². The average molecular weight is 435 g/mol. The van der Waals surface area contributed by atoms with Gasteiger partial charge in [0.25, 0.3) is 0 Å². The molecule has 0 spiro atoms. The highest BCUT2D eigenvalue weighted by Gasteiger charge is 2.42. The number of carbonyl (C=O) groups excluding carboxylic acids is 1. The minimum absolute atomic E-state index is 0.0575. The highest BCUT2D eigenvalue weighted by atomic mass is 35.5. The molecule has 1 heterocycles. The number of carbonyl (C=O) groups is 1. The van der Waals surface area contributed by atoms with Gasteiger partial charge in [0, 0.05) is 13.1 Å². The third kappa shape index (κ3) is 4.72. The lowest BCUT2D eigenvalue weighted by molar-refractivity contribution is -0.119. The summed E-state index contributed by atoms with van der Waals surface area (Å²) < 4.78 is 7.59. The Hall–Kier alpha value is -1.73. The second-order valence-electron chi connectivity index (χ2n) is 8.16. The molecule has 0 aliphatic heterocycles. The van der Waals surface area contributed by atoms with Gasteiger partial charge in [-0.15, -0.1) is 10.2 Å². The first kappa shape index (κ1) is 20.5. The second-order valence-corrected chi connectivity index (χ2v) is 9.51. The van der Waals surface area contributed by atoms with Gasteiger partial charge in [-0.25, -0.2) is 0 Å². The number of fused-ring (bicyclic) bond motifs is 2. The molecule has 1 N–H and O–H groups in total. The van der Waals surface area contributed by atoms with Crippen molar-refractivity contribution in [2.24, 2.45) is 24.8 Å². The first-order valence-corrected chi connectivity index (χ1v) is 11.6. The van der Waals surface area contributed by atoms with Crippen molar-refractivity contribution < 1.29 is 9.53 Å². The van der Waals surface area contributed by atoms with Crippen LogP contribution in [-0.2, 0) is 18.4 Å². The molecule has 156 valence electrons. The van der Waals surface area contributed by atoms with E-state index in [1.54, 1.807) is 6.07 Å². The maximum Gasteiger partial charge on any atom is 0.230 e. The van der Waals surface area contributed by atoms with Crippen LogP contribution >= 0.6 is 23.4 Å². The molecule has 4 rings (SSSR count). The van der Waals surface area contributed by atoms with Crippen LogP contribution in [-0.4, -0.2) is 32.5 Å². The quantitative estimate of drug-likeness (QED) is 0.634. The first-order chi connectivity index (χ1) is 14.0. The van der Waals surface area contributed by atoms with Gasteiger partial charge in [-0.3, -0.25) is 4.79 Å². The number of ether oxygens (including phenoxy) is 1. The van der Waals surface area contributed by atoms with Crippen molar-refractivity contribution in [3.8, 4) is 5.75 Å². The maximum absolute atomic E-state index is 12.4. The molecule has 2 fully saturated rings. The Balaban J connectivity index is 1.25. The summed E-state index contributed by atoms with van der Waals surface area (Å²) in [6, 6.07) is 7.57. The summed E-state index contributed by atoms with van der Waals surface area (Å²) in [6.45, 7) is 2.42. The summed E-state index contributed by atoms with van der Waals surface area (Å²) in [5, 5.41) is 12.8. The van der Waals surface area contributed by atoms with Crippen molar-refractivity contribution in [3.05, 3.63) is 35.1 Å². The standard InChI is InChI=1S/C21H27ClN4O2S/c1-13(16-10-14-7-8-15(16)9-14)23-20(27)12-29-21-25-24-19(26(21)2)11-28-18-6-4-3-5-17(18)22/h3-6,13-16H,7-12H2,1-2H3,(H,23,27). The van der Waals surface area contributed by atoms with E-state index >= 15 is 0 Å². The van der Waals surface area contributed by atoms with Crippen LogP contribution in [0, 0.1) is 17.8 Å². The first-order valence-electron chi connectivity index (χ1n) is 10.2. The number of thioether (sulfide) groups is 1. The summed E-state index contributed by atoms with van der Waals surface area (Å²) in [5.74, 6) is 4.03. The Labute approximate surface area is 180 Å². The van der Waals surface area contributed by atoms with Crippen LogP contribution in [0.15, 0.2) is 29.4 Å². The minimum Gasteiger partial charge on any atom is -0.484 e. The van der Waals surface area contributed by atoms with Crippen molar-refractivity contribution in [2.45, 2.75) is 50.4 Å². The van der Waals surface area contributed by atoms with Crippen molar-refractivity contribution in [3.63, 3.8) is 0 Å². The van der Waals surface area contributed by atoms with Crippen molar-refractivity contribution in [1.82, 2.24) is 20.1 Å². The van der Waals surface area contributed by atoms with Gasteiger partial charge in [0.2, 0.25) is 5.91 Å². The highest BCUT2D eigenvalue weighted by Crippen LogP contribution is 2.49. The van der Waals surface area contributed by atoms with Crippen LogP contribution in [0.5, 0.6) is 5.75 Å². The largest absolute Gasteiger partial charge is 0.484 e. The number of benzene rings is 1. The number of halogens is 1. The van der Waals surface area contributed by atoms with E-state index in [-0.39, 0.29) is 18.6 Å². The Bertz CT molecular complexity index is 874. The lowest BCUT2D eigenvalue weighted by Gasteiger charge is -2.28. The molecule has 4 atom stereocenters. The number of nitrogens with one attached hydrogen (secondary N) is 1. The smallest absolute Gasteiger partial charge is 0.230 e. The normalized spacial score (nSPS) is 23.9. The topological polar surface area (TPSA) is 69.0 Å². The fourth-order valence-electron chi connectivity index (χ4n) is 4.74. The van der Waals surface area contributed by atoms with Gasteiger partial charge >= 0.3 is 0 Å². The number of aromatic nitrogens is 3. The molecular weight excluding hydrogens is 408 g/mol. The zero-order valence-corrected chi connectivity index (χ0v) is 18.4. The van der Waals surface area contributed by atoms with Crippen LogP contribution in [0.2, 0.25) is 5.02 Å². The molecule has 1 aromatic heterocycles. The van der Waals surface area contributed by atoms with Gasteiger partial charge in [-0.2, -0.15) is 0 Å². The lowest BCUT2D eigenvalue weighted by Crippen LogP contribution is -2.40. The van der Waals surface area contributed by atoms with Gasteiger partial charge in [-0.05, 0) is 56.1 Å². The van der Waals surface area contributed by atoms with Crippen molar-refractivity contribution in [1.29, 1.82) is 0 Å². The van der Waals surface area contributed by atoms with E-state index in [2.05, 4.69) is 22.4 Å². The summed E-state index contributed by atoms with van der Waals surface area (Å²) in [7, 11) is 1.88. The number of nitrogens with zero attached hydrogens (tertiary/aromatic N) is 3. The van der Waals surface area contributed by atoms with E-state index in [1.165, 1.54) is 37.4 Å². The Kier molecular flexibility index (Phi) is 6.35. The van der Waals surface area contributed by atoms with Crippen LogP contribution in [0.1, 0.15) is 38.4 Å². The molecule has 4 unspecified atom stereocenters. The number of rotatable bonds is 8. The van der Waals surface area contributed by atoms with E-state index in [0.717, 1.165) is 11.8 Å². The Morgan fingerprint density at radius 2 is 2.17 bits per heavy atom. The predicted octanol–water partition coefficient (Wildman–Crippen LogP) is 4.08. The van der Waals surface area contributed by atoms with Gasteiger partial charge in [-0.1, -0.05) is 41.9 Å². The van der Waals surface area contributed by atoms with Gasteiger partial charge in [0.15, 0.2) is 11.0 Å². The SMILES string of the molecule is CC(NC(=O)CSc1nnc(COc2ccccc2Cl)n1C)C1CC2CCC1C2. The predicted molar refractivity (Wildman–Crippen MR) is 114 cm³/mol. The third-order valence-corrected chi connectivity index (χ3v) is 7.61. The summed E-state index contributed by atoms with van der Waals surface area (Å²) in [6.07, 6.45) is 5.35. The third-order valence-electron chi connectivity index (χ3n) is 6.27. The van der Waals surface area contributed by atoms with Crippen LogP contribution in [0.25, 0.3) is 0 Å². The summed E-state index contributed by atoms with van der Waals surface area (Å²) in [4.78, 5) is 12.4. The monoisotopic (exact) mass is 434 g/mol. The van der Waals surface area contributed by atoms with E-state index in [9.17, 15) is 4.79 Å². The molecule has 0 saturated heterocycles. The molecule has 2 aromatic rings. The minimum atomic E-state index is 0.0575. The Morgan fingerprint density at radius 3 is 2.90 bits per heavy atom. The molecule has 29 heavy (non-hydrogen) atoms. The lowest BCUT2D eigenvalue weighted by atomic mass is 9.84. The highest BCUT2D eigenvalue weighted by molar-refractivity contribution is 7.99. The average Bonchev–Trinajstić information content (AvgIpc) is 3.42. The molecule has 2 bridgehead atoms. The zero-order valence-electron chi connectivity index (χ0n) is 16.8. The Morgan fingerprint density at radius 1 is 1.34 bits per heavy atom. The second kappa shape index (κ2) is 8.96. The number of amides is 1. The van der Waals surface area contributed by atoms with E-state index in [1.807, 2.05) is 29.8 Å². The number of hydrogen-bond acceptors (Lipinski definition) is 5. The van der Waals surface area contributed by atoms with E-state index in [4.69, 9.17) is 16.3 Å². The molecule has 8 heteroatoms. The zero-order chi connectivity index (χ0) is 20.4.